The van der Waals surface area contributed by atoms with Crippen LogP contribution in [-0.4, -0.2) is 115 Å². The maximum atomic E-state index is 13.8. The van der Waals surface area contributed by atoms with Gasteiger partial charge < -0.3 is 14.5 Å². The van der Waals surface area contributed by atoms with Crippen LogP contribution in [-0.2, 0) is 26.6 Å². The van der Waals surface area contributed by atoms with Gasteiger partial charge in [-0.1, -0.05) is 11.3 Å². The first-order chi connectivity index (χ1) is 19.9. The highest BCUT2D eigenvalue weighted by Gasteiger charge is 2.43. The second kappa shape index (κ2) is 10.6. The normalized spacial score (nSPS) is 21.1. The molecule has 1 aromatic carbocycles. The Morgan fingerprint density at radius 1 is 1.17 bits per heavy atom. The number of hydrogen-bond donors (Lipinski definition) is 1. The summed E-state index contributed by atoms with van der Waals surface area (Å²) < 4.78 is 77.4. The van der Waals surface area contributed by atoms with Crippen molar-refractivity contribution in [2.24, 2.45) is 7.05 Å². The monoisotopic (exact) mass is 630 g/mol. The molecule has 3 saturated heterocycles. The summed E-state index contributed by atoms with van der Waals surface area (Å²) in [7, 11) is -0.949. The van der Waals surface area contributed by atoms with Gasteiger partial charge in [-0.05, 0) is 25.6 Å². The number of aromatic nitrogens is 4. The fourth-order valence-corrected chi connectivity index (χ4v) is 7.59. The minimum Gasteiger partial charge on any atom is -0.377 e. The minimum absolute atomic E-state index is 0.0398. The number of nitrogens with zero attached hydrogens (tertiary/aromatic N) is 7. The molecular formula is C24H29F3N8O5S2. The molecule has 18 heteroatoms. The van der Waals surface area contributed by atoms with Crippen molar-refractivity contribution in [1.29, 1.82) is 0 Å². The molecule has 0 aliphatic carbocycles. The Bertz CT molecular complexity index is 1690. The van der Waals surface area contributed by atoms with E-state index in [1.54, 1.807) is 4.90 Å². The van der Waals surface area contributed by atoms with Gasteiger partial charge in [0.1, 0.15) is 12.2 Å². The number of imidazole rings is 1. The third kappa shape index (κ3) is 4.78. The number of carbonyl (C=O) groups excluding carboxylic acids is 1. The number of nitrogens with one attached hydrogen (secondary N) is 1. The Hall–Kier alpha value is -3.06. The maximum absolute atomic E-state index is 13.8. The quantitative estimate of drug-likeness (QED) is 0.377. The number of fused-ring (bicyclic) bond motifs is 1. The van der Waals surface area contributed by atoms with E-state index in [4.69, 9.17) is 4.74 Å². The van der Waals surface area contributed by atoms with Crippen molar-refractivity contribution in [3.05, 3.63) is 27.6 Å². The molecule has 0 radical (unpaired) electrons. The Morgan fingerprint density at radius 2 is 1.88 bits per heavy atom. The molecule has 3 fully saturated rings. The molecule has 1 atom stereocenters. The Morgan fingerprint density at radius 3 is 2.40 bits per heavy atom. The van der Waals surface area contributed by atoms with Crippen LogP contribution in [0.4, 0.5) is 18.9 Å². The van der Waals surface area contributed by atoms with E-state index in [0.29, 0.717) is 48.7 Å². The first kappa shape index (κ1) is 29.0. The van der Waals surface area contributed by atoms with Gasteiger partial charge in [0.15, 0.2) is 5.01 Å². The standard InChI is InChI=1S/C24H29F3N8O5S2/c1-31-4-3-15(31)21(36)34-7-5-33(6-8-34)16-9-14(42(38,39)30-24(11-25)12-40-13-24)10-17-18(16)32(2)23(37)35(17)22-29-28-20(41-22)19(26)27/h9-10,15,19,30H,3-8,11-13H2,1-2H3/t15-/m1/s1. The highest BCUT2D eigenvalue weighted by atomic mass is 32.2. The van der Waals surface area contributed by atoms with Crippen LogP contribution in [0, 0.1) is 0 Å². The van der Waals surface area contributed by atoms with Crippen molar-refractivity contribution in [2.45, 2.75) is 29.3 Å². The lowest BCUT2D eigenvalue weighted by Crippen LogP contribution is -2.63. The van der Waals surface area contributed by atoms with Gasteiger partial charge in [-0.2, -0.15) is 4.72 Å². The van der Waals surface area contributed by atoms with Gasteiger partial charge in [0.2, 0.25) is 21.1 Å². The van der Waals surface area contributed by atoms with Gasteiger partial charge in [0.25, 0.3) is 6.43 Å². The number of alkyl halides is 3. The molecule has 0 spiro atoms. The molecule has 2 aromatic heterocycles. The summed E-state index contributed by atoms with van der Waals surface area (Å²) in [6.45, 7) is 1.06. The number of hydrogen-bond acceptors (Lipinski definition) is 10. The van der Waals surface area contributed by atoms with Crippen LogP contribution in [0.1, 0.15) is 17.9 Å². The van der Waals surface area contributed by atoms with E-state index in [1.165, 1.54) is 23.7 Å². The molecular weight excluding hydrogens is 601 g/mol. The van der Waals surface area contributed by atoms with Crippen LogP contribution in [0.15, 0.2) is 21.8 Å². The summed E-state index contributed by atoms with van der Waals surface area (Å²) in [5.41, 5.74) is -1.21. The Balaban J connectivity index is 1.44. The number of amides is 1. The van der Waals surface area contributed by atoms with Crippen LogP contribution < -0.4 is 15.3 Å². The third-order valence-electron chi connectivity index (χ3n) is 8.08. The summed E-state index contributed by atoms with van der Waals surface area (Å²) in [6.07, 6.45) is -2.11. The number of sulfonamides is 1. The van der Waals surface area contributed by atoms with Crippen molar-refractivity contribution in [3.8, 4) is 5.13 Å². The number of benzene rings is 1. The lowest BCUT2D eigenvalue weighted by molar-refractivity contribution is -0.140. The number of ether oxygens (including phenoxy) is 1. The number of aryl methyl sites for hydroxylation is 1. The summed E-state index contributed by atoms with van der Waals surface area (Å²) in [6, 6.07) is 2.49. The first-order valence-corrected chi connectivity index (χ1v) is 15.5. The zero-order valence-electron chi connectivity index (χ0n) is 22.8. The number of likely N-dealkylation sites (tertiary alicyclic amines) is 1. The van der Waals surface area contributed by atoms with E-state index >= 15 is 0 Å². The molecule has 5 heterocycles. The van der Waals surface area contributed by atoms with E-state index in [0.717, 1.165) is 17.5 Å². The molecule has 0 saturated carbocycles. The number of halogens is 3. The predicted octanol–water partition coefficient (Wildman–Crippen LogP) is 0.488. The molecule has 0 unspecified atom stereocenters. The van der Waals surface area contributed by atoms with Gasteiger partial charge in [-0.15, -0.1) is 10.2 Å². The molecule has 3 aromatic rings. The molecule has 42 heavy (non-hydrogen) atoms. The smallest absolute Gasteiger partial charge is 0.335 e. The van der Waals surface area contributed by atoms with Gasteiger partial charge in [-0.3, -0.25) is 14.3 Å². The summed E-state index contributed by atoms with van der Waals surface area (Å²) in [5, 5.41) is 6.51. The van der Waals surface area contributed by atoms with Crippen LogP contribution in [0.5, 0.6) is 0 Å². The number of carbonyl (C=O) groups is 1. The molecule has 0 bridgehead atoms. The number of piperazine rings is 1. The maximum Gasteiger partial charge on any atom is 0.335 e. The van der Waals surface area contributed by atoms with Crippen molar-refractivity contribution >= 4 is 44.0 Å². The van der Waals surface area contributed by atoms with E-state index in [9.17, 15) is 31.2 Å². The molecule has 228 valence electrons. The first-order valence-electron chi connectivity index (χ1n) is 13.2. The van der Waals surface area contributed by atoms with Crippen LogP contribution in [0.25, 0.3) is 16.2 Å². The van der Waals surface area contributed by atoms with E-state index in [-0.39, 0.29) is 40.7 Å². The van der Waals surface area contributed by atoms with Crippen molar-refractivity contribution in [2.75, 3.05) is 64.6 Å². The Kier molecular flexibility index (Phi) is 7.32. The van der Waals surface area contributed by atoms with Crippen LogP contribution >= 0.6 is 11.3 Å². The molecule has 1 N–H and O–H groups in total. The van der Waals surface area contributed by atoms with Crippen LogP contribution in [0.3, 0.4) is 0 Å². The van der Waals surface area contributed by atoms with E-state index in [1.807, 2.05) is 16.8 Å². The van der Waals surface area contributed by atoms with Crippen LogP contribution in [0.2, 0.25) is 0 Å². The van der Waals surface area contributed by atoms with Gasteiger partial charge in [-0.25, -0.2) is 31.0 Å². The third-order valence-corrected chi connectivity index (χ3v) is 10.6. The molecule has 6 rings (SSSR count). The fraction of sp³-hybridized carbons (Fsp3) is 0.583. The molecule has 3 aliphatic rings. The SMILES string of the molecule is CN1CC[C@@H]1C(=O)N1CCN(c2cc(S(=O)(=O)NC3(CF)COC3)cc3c2n(C)c(=O)n3-c2nnc(C(F)F)s2)CC1. The fourth-order valence-electron chi connectivity index (χ4n) is 5.49. The second-order valence-electron chi connectivity index (χ2n) is 10.8. The van der Waals surface area contributed by atoms with Crippen molar-refractivity contribution in [3.63, 3.8) is 0 Å². The zero-order valence-corrected chi connectivity index (χ0v) is 24.4. The highest BCUT2D eigenvalue weighted by molar-refractivity contribution is 7.89. The number of likely N-dealkylation sites (N-methyl/N-ethyl adjacent to an activating group) is 1. The largest absolute Gasteiger partial charge is 0.377 e. The average Bonchev–Trinajstić information content (AvgIpc) is 3.52. The lowest BCUT2D eigenvalue weighted by atomic mass is 10.0. The van der Waals surface area contributed by atoms with Crippen molar-refractivity contribution in [1.82, 2.24) is 33.9 Å². The van der Waals surface area contributed by atoms with E-state index in [2.05, 4.69) is 14.9 Å². The lowest BCUT2D eigenvalue weighted by Gasteiger charge is -2.43. The van der Waals surface area contributed by atoms with E-state index < -0.39 is 39.4 Å². The zero-order chi connectivity index (χ0) is 30.0. The highest BCUT2D eigenvalue weighted by Crippen LogP contribution is 2.34. The summed E-state index contributed by atoms with van der Waals surface area (Å²) in [5.74, 6) is 0.0398. The second-order valence-corrected chi connectivity index (χ2v) is 13.5. The summed E-state index contributed by atoms with van der Waals surface area (Å²) >= 11 is 0.516. The predicted molar refractivity (Wildman–Crippen MR) is 147 cm³/mol. The number of anilines is 1. The van der Waals surface area contributed by atoms with Gasteiger partial charge in [0, 0.05) is 39.8 Å². The Labute approximate surface area is 242 Å². The number of rotatable bonds is 8. The van der Waals surface area contributed by atoms with Gasteiger partial charge >= 0.3 is 5.69 Å². The average molecular weight is 631 g/mol. The molecule has 3 aliphatic heterocycles. The van der Waals surface area contributed by atoms with Crippen molar-refractivity contribution < 1.29 is 31.1 Å². The topological polar surface area (TPSA) is 135 Å². The summed E-state index contributed by atoms with van der Waals surface area (Å²) in [4.78, 5) is 31.8. The molecule has 13 nitrogen and oxygen atoms in total. The molecule has 1 amide bonds. The minimum atomic E-state index is -4.34. The van der Waals surface area contributed by atoms with Gasteiger partial charge in [0.05, 0.1) is 40.9 Å².